The largest absolute Gasteiger partial charge is 0.497 e. The lowest BCUT2D eigenvalue weighted by Gasteiger charge is -2.11. The van der Waals surface area contributed by atoms with E-state index in [9.17, 15) is 0 Å². The SMILES string of the molecule is COc1ccc(C#Cc2nc3cscc3nc2OCCN(C)C)cc1. The molecule has 3 aromatic rings. The van der Waals surface area contributed by atoms with Crippen molar-refractivity contribution in [3.8, 4) is 23.5 Å². The molecular formula is C19H19N3O2S. The average Bonchev–Trinajstić information content (AvgIpc) is 3.07. The molecule has 2 aromatic heterocycles. The van der Waals surface area contributed by atoms with E-state index in [-0.39, 0.29) is 0 Å². The van der Waals surface area contributed by atoms with E-state index in [4.69, 9.17) is 9.47 Å². The number of hydrogen-bond donors (Lipinski definition) is 0. The summed E-state index contributed by atoms with van der Waals surface area (Å²) in [5, 5.41) is 3.92. The lowest BCUT2D eigenvalue weighted by molar-refractivity contribution is 0.253. The van der Waals surface area contributed by atoms with Crippen LogP contribution in [-0.2, 0) is 0 Å². The molecule has 3 rings (SSSR count). The summed E-state index contributed by atoms with van der Waals surface area (Å²) >= 11 is 1.57. The van der Waals surface area contributed by atoms with Crippen molar-refractivity contribution < 1.29 is 9.47 Å². The molecule has 6 heteroatoms. The predicted molar refractivity (Wildman–Crippen MR) is 100 cm³/mol. The van der Waals surface area contributed by atoms with Gasteiger partial charge in [0.2, 0.25) is 5.88 Å². The molecule has 0 aliphatic rings. The van der Waals surface area contributed by atoms with E-state index in [2.05, 4.69) is 26.7 Å². The molecule has 128 valence electrons. The quantitative estimate of drug-likeness (QED) is 0.660. The first-order valence-corrected chi connectivity index (χ1v) is 8.77. The number of hydrogen-bond acceptors (Lipinski definition) is 6. The third-order valence-corrected chi connectivity index (χ3v) is 4.19. The molecule has 0 N–H and O–H groups in total. The number of fused-ring (bicyclic) bond motifs is 1. The lowest BCUT2D eigenvalue weighted by atomic mass is 10.2. The smallest absolute Gasteiger partial charge is 0.249 e. The van der Waals surface area contributed by atoms with Crippen LogP contribution in [0, 0.1) is 11.8 Å². The number of rotatable bonds is 5. The molecule has 25 heavy (non-hydrogen) atoms. The summed E-state index contributed by atoms with van der Waals surface area (Å²) in [6.45, 7) is 1.34. The molecule has 0 bridgehead atoms. The molecule has 0 aliphatic heterocycles. The van der Waals surface area contributed by atoms with Gasteiger partial charge in [-0.15, -0.1) is 11.3 Å². The maximum atomic E-state index is 5.82. The van der Waals surface area contributed by atoms with Crippen LogP contribution in [0.4, 0.5) is 0 Å². The minimum atomic E-state index is 0.480. The van der Waals surface area contributed by atoms with E-state index in [1.807, 2.05) is 49.1 Å². The molecule has 0 radical (unpaired) electrons. The zero-order valence-corrected chi connectivity index (χ0v) is 15.3. The number of ether oxygens (including phenoxy) is 2. The van der Waals surface area contributed by atoms with Crippen LogP contribution >= 0.6 is 11.3 Å². The van der Waals surface area contributed by atoms with Crippen LogP contribution < -0.4 is 9.47 Å². The first kappa shape index (κ1) is 17.2. The highest BCUT2D eigenvalue weighted by Crippen LogP contribution is 2.21. The van der Waals surface area contributed by atoms with Crippen molar-refractivity contribution in [1.29, 1.82) is 0 Å². The number of aromatic nitrogens is 2. The van der Waals surface area contributed by atoms with Crippen LogP contribution in [0.5, 0.6) is 11.6 Å². The van der Waals surface area contributed by atoms with Crippen molar-refractivity contribution in [3.05, 3.63) is 46.3 Å². The molecule has 0 spiro atoms. The Balaban J connectivity index is 1.88. The Morgan fingerprint density at radius 3 is 2.44 bits per heavy atom. The van der Waals surface area contributed by atoms with Crippen LogP contribution in [0.15, 0.2) is 35.0 Å². The van der Waals surface area contributed by atoms with Crippen molar-refractivity contribution in [2.75, 3.05) is 34.4 Å². The normalized spacial score (nSPS) is 10.6. The topological polar surface area (TPSA) is 47.5 Å². The molecule has 0 aliphatic carbocycles. The Bertz CT molecular complexity index is 908. The fraction of sp³-hybridized carbons (Fsp3) is 0.263. The summed E-state index contributed by atoms with van der Waals surface area (Å²) < 4.78 is 11.0. The third-order valence-electron chi connectivity index (χ3n) is 3.47. The van der Waals surface area contributed by atoms with Crippen LogP contribution in [0.1, 0.15) is 11.3 Å². The van der Waals surface area contributed by atoms with Crippen LogP contribution in [0.25, 0.3) is 11.0 Å². The van der Waals surface area contributed by atoms with E-state index in [0.717, 1.165) is 28.9 Å². The highest BCUT2D eigenvalue weighted by Gasteiger charge is 2.09. The molecule has 0 atom stereocenters. The van der Waals surface area contributed by atoms with E-state index in [1.54, 1.807) is 18.4 Å². The summed E-state index contributed by atoms with van der Waals surface area (Å²) in [4.78, 5) is 11.2. The number of nitrogens with zero attached hydrogens (tertiary/aromatic N) is 3. The Morgan fingerprint density at radius 1 is 1.04 bits per heavy atom. The van der Waals surface area contributed by atoms with E-state index < -0.39 is 0 Å². The molecule has 0 unspecified atom stereocenters. The Hall–Kier alpha value is -2.62. The Kier molecular flexibility index (Phi) is 5.49. The van der Waals surface area contributed by atoms with Gasteiger partial charge in [0.15, 0.2) is 5.69 Å². The van der Waals surface area contributed by atoms with Gasteiger partial charge in [-0.25, -0.2) is 9.97 Å². The molecule has 0 saturated heterocycles. The molecule has 1 aromatic carbocycles. The standard InChI is InChI=1S/C19H19N3O2S/c1-22(2)10-11-24-19-16(20-17-12-25-13-18(17)21-19)9-6-14-4-7-15(23-3)8-5-14/h4-5,7-8,12-13H,10-11H2,1-3H3. The van der Waals surface area contributed by atoms with Gasteiger partial charge in [0.25, 0.3) is 0 Å². The highest BCUT2D eigenvalue weighted by atomic mass is 32.1. The molecule has 2 heterocycles. The summed E-state index contributed by atoms with van der Waals surface area (Å²) in [7, 11) is 5.65. The minimum Gasteiger partial charge on any atom is -0.497 e. The van der Waals surface area contributed by atoms with Crippen molar-refractivity contribution in [3.63, 3.8) is 0 Å². The van der Waals surface area contributed by atoms with E-state index in [1.165, 1.54) is 0 Å². The number of likely N-dealkylation sites (N-methyl/N-ethyl adjacent to an activating group) is 1. The van der Waals surface area contributed by atoms with Gasteiger partial charge in [0.05, 0.1) is 7.11 Å². The van der Waals surface area contributed by atoms with Crippen LogP contribution in [0.2, 0.25) is 0 Å². The Labute approximate surface area is 151 Å². The molecular weight excluding hydrogens is 334 g/mol. The molecule has 0 fully saturated rings. The van der Waals surface area contributed by atoms with Crippen LogP contribution in [-0.4, -0.2) is 49.2 Å². The second-order valence-corrected chi connectivity index (χ2v) is 6.39. The van der Waals surface area contributed by atoms with E-state index in [0.29, 0.717) is 18.2 Å². The molecule has 0 saturated carbocycles. The van der Waals surface area contributed by atoms with Gasteiger partial charge < -0.3 is 14.4 Å². The third kappa shape index (κ3) is 4.47. The second kappa shape index (κ2) is 7.97. The maximum Gasteiger partial charge on any atom is 0.249 e. The summed E-state index contributed by atoms with van der Waals surface area (Å²) in [5.74, 6) is 7.49. The summed E-state index contributed by atoms with van der Waals surface area (Å²) in [5.41, 5.74) is 3.11. The zero-order chi connectivity index (χ0) is 17.6. The fourth-order valence-corrected chi connectivity index (χ4v) is 2.77. The van der Waals surface area contributed by atoms with Gasteiger partial charge in [-0.05, 0) is 44.3 Å². The lowest BCUT2D eigenvalue weighted by Crippen LogP contribution is -2.20. The van der Waals surface area contributed by atoms with Gasteiger partial charge in [-0.2, -0.15) is 0 Å². The Morgan fingerprint density at radius 2 is 1.76 bits per heavy atom. The van der Waals surface area contributed by atoms with Crippen molar-refractivity contribution in [2.24, 2.45) is 0 Å². The van der Waals surface area contributed by atoms with Gasteiger partial charge in [0.1, 0.15) is 23.4 Å². The second-order valence-electron chi connectivity index (χ2n) is 5.65. The summed E-state index contributed by atoms with van der Waals surface area (Å²) in [6, 6.07) is 7.59. The summed E-state index contributed by atoms with van der Waals surface area (Å²) in [6.07, 6.45) is 0. The maximum absolute atomic E-state index is 5.82. The zero-order valence-electron chi connectivity index (χ0n) is 14.4. The first-order valence-electron chi connectivity index (χ1n) is 7.83. The van der Waals surface area contributed by atoms with Gasteiger partial charge in [0, 0.05) is 22.9 Å². The van der Waals surface area contributed by atoms with Gasteiger partial charge in [-0.3, -0.25) is 0 Å². The van der Waals surface area contributed by atoms with Crippen molar-refractivity contribution >= 4 is 22.4 Å². The highest BCUT2D eigenvalue weighted by molar-refractivity contribution is 7.09. The van der Waals surface area contributed by atoms with Crippen molar-refractivity contribution in [2.45, 2.75) is 0 Å². The number of benzene rings is 1. The minimum absolute atomic E-state index is 0.480. The monoisotopic (exact) mass is 353 g/mol. The molecule has 0 amide bonds. The fourth-order valence-electron chi connectivity index (χ4n) is 2.09. The van der Waals surface area contributed by atoms with Gasteiger partial charge >= 0.3 is 0 Å². The van der Waals surface area contributed by atoms with Crippen LogP contribution in [0.3, 0.4) is 0 Å². The number of thiophene rings is 1. The van der Waals surface area contributed by atoms with Crippen molar-refractivity contribution in [1.82, 2.24) is 14.9 Å². The van der Waals surface area contributed by atoms with Gasteiger partial charge in [-0.1, -0.05) is 5.92 Å². The first-order chi connectivity index (χ1) is 12.2. The average molecular weight is 353 g/mol. The predicted octanol–water partition coefficient (Wildman–Crippen LogP) is 3.04. The molecule has 5 nitrogen and oxygen atoms in total. The van der Waals surface area contributed by atoms with E-state index >= 15 is 0 Å². The number of methoxy groups -OCH3 is 1.